The Morgan fingerprint density at radius 2 is 2.00 bits per heavy atom. The molecule has 86 valence electrons. The summed E-state index contributed by atoms with van der Waals surface area (Å²) in [6, 6.07) is 9.41. The number of nitrogens with zero attached hydrogens (tertiary/aromatic N) is 2. The Kier molecular flexibility index (Phi) is 2.94. The molecule has 1 atom stereocenters. The average molecular weight is 228 g/mol. The number of aryl methyl sites for hydroxylation is 1. The molecule has 0 spiro atoms. The molecule has 1 N–H and O–H groups in total. The van der Waals surface area contributed by atoms with Crippen LogP contribution in [0.1, 0.15) is 24.2 Å². The zero-order valence-electron chi connectivity index (χ0n) is 9.64. The van der Waals surface area contributed by atoms with E-state index in [4.69, 9.17) is 4.52 Å². The Morgan fingerprint density at radius 3 is 2.59 bits per heavy atom. The predicted molar refractivity (Wildman–Crippen MR) is 61.9 cm³/mol. The minimum Gasteiger partial charge on any atom is -0.371 e. The van der Waals surface area contributed by atoms with Crippen molar-refractivity contribution in [2.75, 3.05) is 0 Å². The third-order valence-corrected chi connectivity index (χ3v) is 2.19. The molecule has 1 aromatic heterocycles. The van der Waals surface area contributed by atoms with Crippen molar-refractivity contribution < 1.29 is 9.63 Å². The lowest BCUT2D eigenvalue weighted by Crippen LogP contribution is -2.20. The van der Waals surface area contributed by atoms with E-state index in [1.807, 2.05) is 30.3 Å². The maximum atomic E-state index is 10.1. The van der Waals surface area contributed by atoms with E-state index in [1.165, 1.54) is 6.92 Å². The van der Waals surface area contributed by atoms with E-state index in [1.54, 1.807) is 6.92 Å². The van der Waals surface area contributed by atoms with Crippen molar-refractivity contribution in [2.45, 2.75) is 19.4 Å². The summed E-state index contributed by atoms with van der Waals surface area (Å²) < 4.78 is 4.81. The Balaban J connectivity index is 2.26. The summed E-state index contributed by atoms with van der Waals surface area (Å²) >= 11 is 0. The molecule has 0 saturated heterocycles. The summed E-state index contributed by atoms with van der Waals surface area (Å²) in [6.07, 6.45) is 0. The van der Waals surface area contributed by atoms with Gasteiger partial charge < -0.3 is 9.63 Å². The molecule has 0 bridgehead atoms. The quantitative estimate of drug-likeness (QED) is 0.754. The van der Waals surface area contributed by atoms with E-state index in [-0.39, 0.29) is 5.82 Å². The molecule has 0 saturated carbocycles. The van der Waals surface area contributed by atoms with Crippen LogP contribution in [0.25, 0.3) is 0 Å². The highest BCUT2D eigenvalue weighted by Gasteiger charge is 2.26. The summed E-state index contributed by atoms with van der Waals surface area (Å²) in [6.45, 7) is 3.20. The van der Waals surface area contributed by atoms with Crippen LogP contribution in [0.2, 0.25) is 0 Å². The Bertz CT molecular complexity index is 562. The standard InChI is InChI=1S/C13H12N2O2/c1-10-14-12(15-17-10)13(2,16)9-8-11-6-4-3-5-7-11/h3-7,16H,1-2H3/t13-/m1/s1. The zero-order chi connectivity index (χ0) is 12.3. The first-order valence-corrected chi connectivity index (χ1v) is 5.19. The lowest BCUT2D eigenvalue weighted by molar-refractivity contribution is 0.108. The molecule has 2 aromatic rings. The lowest BCUT2D eigenvalue weighted by atomic mass is 10.1. The first-order valence-electron chi connectivity index (χ1n) is 5.19. The molecule has 1 heterocycles. The average Bonchev–Trinajstić information content (AvgIpc) is 2.76. The van der Waals surface area contributed by atoms with Crippen LogP contribution in [0, 0.1) is 18.8 Å². The number of aliphatic hydroxyl groups is 1. The minimum atomic E-state index is -1.41. The summed E-state index contributed by atoms with van der Waals surface area (Å²) in [5.41, 5.74) is -0.582. The maximum Gasteiger partial charge on any atom is 0.223 e. The van der Waals surface area contributed by atoms with Gasteiger partial charge in [0, 0.05) is 12.5 Å². The second-order valence-electron chi connectivity index (χ2n) is 3.83. The van der Waals surface area contributed by atoms with Crippen LogP contribution >= 0.6 is 0 Å². The number of hydrogen-bond donors (Lipinski definition) is 1. The SMILES string of the molecule is Cc1nc([C@](C)(O)C#Cc2ccccc2)no1. The summed E-state index contributed by atoms with van der Waals surface area (Å²) in [5, 5.41) is 13.8. The molecule has 0 aliphatic rings. The highest BCUT2D eigenvalue weighted by atomic mass is 16.5. The molecule has 0 unspecified atom stereocenters. The molecular formula is C13H12N2O2. The monoisotopic (exact) mass is 228 g/mol. The van der Waals surface area contributed by atoms with E-state index in [9.17, 15) is 5.11 Å². The second kappa shape index (κ2) is 4.40. The van der Waals surface area contributed by atoms with Crippen molar-refractivity contribution in [2.24, 2.45) is 0 Å². The highest BCUT2D eigenvalue weighted by molar-refractivity contribution is 5.36. The Morgan fingerprint density at radius 1 is 1.29 bits per heavy atom. The van der Waals surface area contributed by atoms with Gasteiger partial charge in [-0.1, -0.05) is 35.2 Å². The molecule has 4 nitrogen and oxygen atoms in total. The number of benzene rings is 1. The van der Waals surface area contributed by atoms with Crippen molar-refractivity contribution in [3.8, 4) is 11.8 Å². The van der Waals surface area contributed by atoms with Crippen LogP contribution in [0.4, 0.5) is 0 Å². The zero-order valence-corrected chi connectivity index (χ0v) is 9.64. The fraction of sp³-hybridized carbons (Fsp3) is 0.231. The molecule has 0 aliphatic carbocycles. The van der Waals surface area contributed by atoms with Gasteiger partial charge in [-0.3, -0.25) is 0 Å². The van der Waals surface area contributed by atoms with Crippen LogP contribution in [0.5, 0.6) is 0 Å². The van der Waals surface area contributed by atoms with E-state index in [2.05, 4.69) is 22.0 Å². The van der Waals surface area contributed by atoms with Gasteiger partial charge in [-0.2, -0.15) is 4.98 Å². The molecule has 17 heavy (non-hydrogen) atoms. The van der Waals surface area contributed by atoms with Gasteiger partial charge in [-0.25, -0.2) is 0 Å². The summed E-state index contributed by atoms with van der Waals surface area (Å²) in [7, 11) is 0. The summed E-state index contributed by atoms with van der Waals surface area (Å²) in [5.74, 6) is 6.18. The van der Waals surface area contributed by atoms with Crippen LogP contribution in [0.3, 0.4) is 0 Å². The molecule has 1 aromatic carbocycles. The molecule has 0 amide bonds. The van der Waals surface area contributed by atoms with E-state index in [0.717, 1.165) is 5.56 Å². The smallest absolute Gasteiger partial charge is 0.223 e. The normalized spacial score (nSPS) is 13.6. The van der Waals surface area contributed by atoms with Gasteiger partial charge in [0.1, 0.15) is 0 Å². The van der Waals surface area contributed by atoms with Crippen molar-refractivity contribution in [3.05, 3.63) is 47.6 Å². The van der Waals surface area contributed by atoms with Crippen molar-refractivity contribution in [1.29, 1.82) is 0 Å². The van der Waals surface area contributed by atoms with Gasteiger partial charge in [0.15, 0.2) is 5.60 Å². The molecule has 0 fully saturated rings. The lowest BCUT2D eigenvalue weighted by Gasteiger charge is -2.09. The molecular weight excluding hydrogens is 216 g/mol. The van der Waals surface area contributed by atoms with Gasteiger partial charge in [0.25, 0.3) is 0 Å². The molecule has 2 rings (SSSR count). The van der Waals surface area contributed by atoms with Gasteiger partial charge in [-0.15, -0.1) is 0 Å². The van der Waals surface area contributed by atoms with Crippen molar-refractivity contribution in [3.63, 3.8) is 0 Å². The van der Waals surface area contributed by atoms with Crippen LogP contribution in [-0.2, 0) is 5.60 Å². The van der Waals surface area contributed by atoms with Gasteiger partial charge in [0.05, 0.1) is 0 Å². The van der Waals surface area contributed by atoms with Crippen LogP contribution in [-0.4, -0.2) is 15.2 Å². The fourth-order valence-electron chi connectivity index (χ4n) is 1.27. The predicted octanol–water partition coefficient (Wildman–Crippen LogP) is 1.64. The summed E-state index contributed by atoms with van der Waals surface area (Å²) in [4.78, 5) is 3.96. The topological polar surface area (TPSA) is 59.2 Å². The van der Waals surface area contributed by atoms with Gasteiger partial charge >= 0.3 is 0 Å². The number of rotatable bonds is 1. The molecule has 4 heteroatoms. The van der Waals surface area contributed by atoms with Gasteiger partial charge in [0.2, 0.25) is 11.7 Å². The Hall–Kier alpha value is -2.12. The third-order valence-electron chi connectivity index (χ3n) is 2.19. The van der Waals surface area contributed by atoms with Crippen molar-refractivity contribution in [1.82, 2.24) is 10.1 Å². The number of aromatic nitrogens is 2. The minimum absolute atomic E-state index is 0.179. The van der Waals surface area contributed by atoms with Crippen molar-refractivity contribution >= 4 is 0 Å². The van der Waals surface area contributed by atoms with E-state index < -0.39 is 5.60 Å². The maximum absolute atomic E-state index is 10.1. The van der Waals surface area contributed by atoms with Crippen LogP contribution in [0.15, 0.2) is 34.9 Å². The molecule has 0 aliphatic heterocycles. The fourth-order valence-corrected chi connectivity index (χ4v) is 1.27. The first kappa shape index (κ1) is 11.4. The molecule has 0 radical (unpaired) electrons. The largest absolute Gasteiger partial charge is 0.371 e. The van der Waals surface area contributed by atoms with E-state index in [0.29, 0.717) is 5.89 Å². The third kappa shape index (κ3) is 2.71. The highest BCUT2D eigenvalue weighted by Crippen LogP contribution is 2.15. The van der Waals surface area contributed by atoms with E-state index >= 15 is 0 Å². The first-order chi connectivity index (χ1) is 8.08. The Labute approximate surface area is 99.3 Å². The second-order valence-corrected chi connectivity index (χ2v) is 3.83. The number of hydrogen-bond acceptors (Lipinski definition) is 4. The van der Waals surface area contributed by atoms with Crippen LogP contribution < -0.4 is 0 Å². The van der Waals surface area contributed by atoms with Gasteiger partial charge in [-0.05, 0) is 19.1 Å².